The Morgan fingerprint density at radius 3 is 2.64 bits per heavy atom. The third-order valence-electron chi connectivity index (χ3n) is 6.33. The zero-order chi connectivity index (χ0) is 25.7. The molecule has 1 unspecified atom stereocenters. The van der Waals surface area contributed by atoms with Gasteiger partial charge in [0, 0.05) is 36.7 Å². The number of anilines is 2. The summed E-state index contributed by atoms with van der Waals surface area (Å²) in [6, 6.07) is 14.4. The normalized spacial score (nSPS) is 15.0. The Kier molecular flexibility index (Phi) is 7.96. The van der Waals surface area contributed by atoms with Gasteiger partial charge in [0.2, 0.25) is 5.95 Å². The quantitative estimate of drug-likeness (QED) is 0.288. The number of allylic oxidation sites excluding steroid dienone is 4. The summed E-state index contributed by atoms with van der Waals surface area (Å²) in [5.41, 5.74) is 6.57. The van der Waals surface area contributed by atoms with Crippen LogP contribution in [-0.2, 0) is 4.74 Å². The zero-order valence-electron chi connectivity index (χ0n) is 21.5. The number of rotatable bonds is 9. The highest BCUT2D eigenvalue weighted by Gasteiger charge is 2.19. The van der Waals surface area contributed by atoms with Gasteiger partial charge in [0.25, 0.3) is 0 Å². The Morgan fingerprint density at radius 2 is 1.94 bits per heavy atom. The van der Waals surface area contributed by atoms with Gasteiger partial charge in [-0.15, -0.1) is 0 Å². The summed E-state index contributed by atoms with van der Waals surface area (Å²) in [4.78, 5) is 12.0. The summed E-state index contributed by atoms with van der Waals surface area (Å²) < 4.78 is 5.57. The molecular weight excluding hydrogens is 446 g/mol. The number of fused-ring (bicyclic) bond motifs is 1. The van der Waals surface area contributed by atoms with Crippen LogP contribution in [0.5, 0.6) is 0 Å². The van der Waals surface area contributed by atoms with Crippen LogP contribution in [0.15, 0.2) is 73.3 Å². The zero-order valence-corrected chi connectivity index (χ0v) is 21.5. The molecule has 6 heteroatoms. The van der Waals surface area contributed by atoms with E-state index < -0.39 is 0 Å². The second kappa shape index (κ2) is 11.3. The van der Waals surface area contributed by atoms with E-state index in [1.807, 2.05) is 44.2 Å². The lowest BCUT2D eigenvalue weighted by Crippen LogP contribution is -2.37. The fourth-order valence-corrected chi connectivity index (χ4v) is 4.36. The maximum absolute atomic E-state index is 8.66. The number of aryl methyl sites for hydroxylation is 1. The molecule has 0 aliphatic carbocycles. The van der Waals surface area contributed by atoms with Gasteiger partial charge in [-0.3, -0.25) is 0 Å². The van der Waals surface area contributed by atoms with Gasteiger partial charge < -0.3 is 20.4 Å². The van der Waals surface area contributed by atoms with E-state index in [4.69, 9.17) is 20.1 Å². The summed E-state index contributed by atoms with van der Waals surface area (Å²) in [5, 5.41) is 13.1. The van der Waals surface area contributed by atoms with Crippen molar-refractivity contribution in [2.45, 2.75) is 20.8 Å². The molecule has 1 atom stereocenters. The average Bonchev–Trinajstić information content (AvgIpc) is 2.89. The first-order valence-corrected chi connectivity index (χ1v) is 12.4. The first kappa shape index (κ1) is 25.3. The molecular formula is C30H35N5O. The lowest BCUT2D eigenvalue weighted by Gasteiger charge is -2.29. The second-order valence-electron chi connectivity index (χ2n) is 9.42. The first-order valence-electron chi connectivity index (χ1n) is 12.4. The molecule has 2 N–H and O–H groups in total. The van der Waals surface area contributed by atoms with Crippen LogP contribution in [0.1, 0.15) is 30.5 Å². The Labute approximate surface area is 213 Å². The van der Waals surface area contributed by atoms with Gasteiger partial charge in [0.05, 0.1) is 18.7 Å². The summed E-state index contributed by atoms with van der Waals surface area (Å²) in [7, 11) is 0. The lowest BCUT2D eigenvalue weighted by atomic mass is 9.97. The van der Waals surface area contributed by atoms with Gasteiger partial charge >= 0.3 is 0 Å². The maximum atomic E-state index is 8.66. The van der Waals surface area contributed by atoms with Gasteiger partial charge in [-0.2, -0.15) is 4.98 Å². The van der Waals surface area contributed by atoms with E-state index in [1.54, 1.807) is 0 Å². The van der Waals surface area contributed by atoms with Crippen LogP contribution in [0.3, 0.4) is 0 Å². The Bertz CT molecular complexity index is 1320. The number of aromatic nitrogens is 2. The molecule has 0 spiro atoms. The summed E-state index contributed by atoms with van der Waals surface area (Å²) >= 11 is 0. The fraction of sp³-hybridized carbons (Fsp3) is 0.300. The van der Waals surface area contributed by atoms with Crippen molar-refractivity contribution < 1.29 is 4.74 Å². The van der Waals surface area contributed by atoms with E-state index in [9.17, 15) is 0 Å². The van der Waals surface area contributed by atoms with Crippen LogP contribution in [0.25, 0.3) is 16.5 Å². The highest BCUT2D eigenvalue weighted by atomic mass is 16.5. The molecule has 0 bridgehead atoms. The van der Waals surface area contributed by atoms with Gasteiger partial charge in [-0.1, -0.05) is 73.7 Å². The van der Waals surface area contributed by atoms with Gasteiger partial charge in [-0.25, -0.2) is 4.98 Å². The molecule has 3 aromatic rings. The van der Waals surface area contributed by atoms with Crippen LogP contribution in [0.4, 0.5) is 11.8 Å². The molecule has 1 fully saturated rings. The number of hydrogen-bond acceptors (Lipinski definition) is 6. The molecule has 0 amide bonds. The highest BCUT2D eigenvalue weighted by molar-refractivity contribution is 6.00. The molecule has 1 aliphatic heterocycles. The van der Waals surface area contributed by atoms with Crippen molar-refractivity contribution in [3.8, 4) is 0 Å². The standard InChI is InChI=1S/C30H35N5O/c1-6-23(16-20(2)3)24-10-11-26-27(18-24)33-30(34-29(26)35-12-14-36-15-13-35)32-19-22(5)28(31)25-9-7-8-21(4)17-25/h6-11,16-18,22,31H,1-2,12-15,19H2,3-5H3,(H,32,33,34)/b23-16+,31-28?. The molecule has 0 saturated carbocycles. The smallest absolute Gasteiger partial charge is 0.225 e. The van der Waals surface area contributed by atoms with Crippen LogP contribution >= 0.6 is 0 Å². The lowest BCUT2D eigenvalue weighted by molar-refractivity contribution is 0.122. The van der Waals surface area contributed by atoms with Crippen molar-refractivity contribution in [3.63, 3.8) is 0 Å². The average molecular weight is 482 g/mol. The van der Waals surface area contributed by atoms with Crippen LogP contribution in [0.2, 0.25) is 0 Å². The van der Waals surface area contributed by atoms with Crippen molar-refractivity contribution in [2.75, 3.05) is 43.1 Å². The van der Waals surface area contributed by atoms with Crippen LogP contribution in [-0.4, -0.2) is 48.5 Å². The Morgan fingerprint density at radius 1 is 1.17 bits per heavy atom. The summed E-state index contributed by atoms with van der Waals surface area (Å²) in [6.07, 6.45) is 3.87. The maximum Gasteiger partial charge on any atom is 0.225 e. The predicted molar refractivity (Wildman–Crippen MR) is 151 cm³/mol. The minimum atomic E-state index is -0.00450. The SMILES string of the molecule is C=C/C(=C\C(=C)C)c1ccc2c(N3CCOCC3)nc(NCC(C)C(=N)c3cccc(C)c3)nc2c1. The fourth-order valence-electron chi connectivity index (χ4n) is 4.36. The van der Waals surface area contributed by atoms with Crippen molar-refractivity contribution in [2.24, 2.45) is 5.92 Å². The second-order valence-corrected chi connectivity index (χ2v) is 9.42. The molecule has 1 saturated heterocycles. The van der Waals surface area contributed by atoms with E-state index in [2.05, 4.69) is 54.6 Å². The van der Waals surface area contributed by atoms with Gasteiger partial charge in [0.1, 0.15) is 5.82 Å². The molecule has 186 valence electrons. The van der Waals surface area contributed by atoms with Gasteiger partial charge in [0.15, 0.2) is 0 Å². The number of benzene rings is 2. The monoisotopic (exact) mass is 481 g/mol. The van der Waals surface area contributed by atoms with E-state index in [0.29, 0.717) is 31.4 Å². The minimum absolute atomic E-state index is 0.00450. The molecule has 1 aromatic heterocycles. The van der Waals surface area contributed by atoms with Gasteiger partial charge in [-0.05, 0) is 42.7 Å². The Balaban J connectivity index is 1.66. The number of nitrogens with one attached hydrogen (secondary N) is 2. The van der Waals surface area contributed by atoms with Crippen LogP contribution < -0.4 is 10.2 Å². The third-order valence-corrected chi connectivity index (χ3v) is 6.33. The van der Waals surface area contributed by atoms with Crippen molar-refractivity contribution in [1.82, 2.24) is 9.97 Å². The molecule has 6 nitrogen and oxygen atoms in total. The number of nitrogens with zero attached hydrogens (tertiary/aromatic N) is 3. The summed E-state index contributed by atoms with van der Waals surface area (Å²) in [6.45, 7) is 17.6. The molecule has 4 rings (SSSR count). The van der Waals surface area contributed by atoms with Crippen molar-refractivity contribution in [3.05, 3.63) is 90.0 Å². The molecule has 1 aliphatic rings. The van der Waals surface area contributed by atoms with E-state index in [0.717, 1.165) is 57.6 Å². The third kappa shape index (κ3) is 5.89. The molecule has 36 heavy (non-hydrogen) atoms. The summed E-state index contributed by atoms with van der Waals surface area (Å²) in [5.74, 6) is 1.46. The van der Waals surface area contributed by atoms with E-state index in [-0.39, 0.29) is 5.92 Å². The van der Waals surface area contributed by atoms with Crippen molar-refractivity contribution >= 4 is 34.0 Å². The minimum Gasteiger partial charge on any atom is -0.378 e. The molecule has 2 aromatic carbocycles. The predicted octanol–water partition coefficient (Wildman–Crippen LogP) is 6.04. The van der Waals surface area contributed by atoms with Crippen LogP contribution in [0, 0.1) is 18.3 Å². The largest absolute Gasteiger partial charge is 0.378 e. The topological polar surface area (TPSA) is 74.1 Å². The van der Waals surface area contributed by atoms with Crippen molar-refractivity contribution in [1.29, 1.82) is 5.41 Å². The van der Waals surface area contributed by atoms with E-state index >= 15 is 0 Å². The number of hydrogen-bond donors (Lipinski definition) is 2. The Hall–Kier alpha value is -3.77. The molecule has 2 heterocycles. The number of morpholine rings is 1. The number of ether oxygens (including phenoxy) is 1. The highest BCUT2D eigenvalue weighted by Crippen LogP contribution is 2.29. The first-order chi connectivity index (χ1) is 17.4. The molecule has 0 radical (unpaired) electrons. The van der Waals surface area contributed by atoms with E-state index in [1.165, 1.54) is 0 Å².